The molecule has 0 aliphatic carbocycles. The molecule has 2 aromatic heterocycles. The first-order valence-corrected chi connectivity index (χ1v) is 10.4. The molecular weight excluding hydrogens is 412 g/mol. The van der Waals surface area contributed by atoms with E-state index in [1.165, 1.54) is 0 Å². The Kier molecular flexibility index (Phi) is 5.00. The number of aryl methyl sites for hydroxylation is 1. The minimum Gasteiger partial charge on any atom is -0.507 e. The average Bonchev–Trinajstić information content (AvgIpc) is 3.20. The minimum absolute atomic E-state index is 0.0879. The lowest BCUT2D eigenvalue weighted by Gasteiger charge is -2.14. The highest BCUT2D eigenvalue weighted by Gasteiger charge is 2.25. The van der Waals surface area contributed by atoms with Gasteiger partial charge in [0.05, 0.1) is 35.1 Å². The molecule has 160 valence electrons. The normalized spacial score (nSPS) is 10.8. The lowest BCUT2D eigenvalue weighted by molar-refractivity contribution is 0.415. The van der Waals surface area contributed by atoms with Crippen LogP contribution in [0.1, 0.15) is 11.3 Å². The molecule has 0 unspecified atom stereocenters. The summed E-state index contributed by atoms with van der Waals surface area (Å²) >= 11 is 0. The van der Waals surface area contributed by atoms with Gasteiger partial charge in [-0.3, -0.25) is 0 Å². The van der Waals surface area contributed by atoms with Crippen molar-refractivity contribution in [3.05, 3.63) is 90.1 Å². The predicted octanol–water partition coefficient (Wildman–Crippen LogP) is 5.65. The van der Waals surface area contributed by atoms with Crippen molar-refractivity contribution in [2.45, 2.75) is 6.92 Å². The van der Waals surface area contributed by atoms with E-state index in [1.807, 2.05) is 67.6 Å². The third-order valence-corrected chi connectivity index (χ3v) is 5.62. The smallest absolute Gasteiger partial charge is 0.164 e. The first-order chi connectivity index (χ1) is 16.1. The number of phenols is 1. The number of aromatic hydroxyl groups is 1. The topological polar surface area (TPSA) is 84.0 Å². The van der Waals surface area contributed by atoms with Gasteiger partial charge < -0.3 is 9.84 Å². The molecule has 33 heavy (non-hydrogen) atoms. The highest BCUT2D eigenvalue weighted by molar-refractivity contribution is 6.02. The van der Waals surface area contributed by atoms with Crippen molar-refractivity contribution in [3.8, 4) is 45.6 Å². The Labute approximate surface area is 191 Å². The van der Waals surface area contributed by atoms with Gasteiger partial charge in [0, 0.05) is 16.7 Å². The van der Waals surface area contributed by atoms with E-state index in [2.05, 4.69) is 6.07 Å². The summed E-state index contributed by atoms with van der Waals surface area (Å²) in [6.07, 6.45) is 0. The number of nitriles is 1. The molecule has 2 heterocycles. The molecule has 0 amide bonds. The summed E-state index contributed by atoms with van der Waals surface area (Å²) in [4.78, 5) is 4.95. The summed E-state index contributed by atoms with van der Waals surface area (Å²) < 4.78 is 7.18. The Morgan fingerprint density at radius 3 is 2.45 bits per heavy atom. The van der Waals surface area contributed by atoms with Crippen molar-refractivity contribution < 1.29 is 9.84 Å². The van der Waals surface area contributed by atoms with E-state index in [1.54, 1.807) is 30.0 Å². The van der Waals surface area contributed by atoms with Crippen LogP contribution < -0.4 is 4.74 Å². The van der Waals surface area contributed by atoms with Crippen LogP contribution in [0, 0.1) is 18.3 Å². The maximum absolute atomic E-state index is 10.7. The molecule has 0 saturated heterocycles. The summed E-state index contributed by atoms with van der Waals surface area (Å²) in [5, 5.41) is 26.5. The zero-order valence-corrected chi connectivity index (χ0v) is 18.1. The van der Waals surface area contributed by atoms with Crippen molar-refractivity contribution in [1.29, 1.82) is 5.26 Å². The maximum Gasteiger partial charge on any atom is 0.164 e. The second-order valence-electron chi connectivity index (χ2n) is 7.60. The molecular formula is C27H20N4O2. The number of rotatable bonds is 4. The van der Waals surface area contributed by atoms with Gasteiger partial charge in [-0.25, -0.2) is 9.67 Å². The van der Waals surface area contributed by atoms with Crippen LogP contribution in [0.5, 0.6) is 11.5 Å². The van der Waals surface area contributed by atoms with E-state index < -0.39 is 0 Å². The number of aromatic nitrogens is 3. The van der Waals surface area contributed by atoms with Gasteiger partial charge in [-0.15, -0.1) is 0 Å². The number of methoxy groups -OCH3 is 1. The maximum atomic E-state index is 10.7. The fraction of sp³-hybridized carbons (Fsp3) is 0.0741. The van der Waals surface area contributed by atoms with Gasteiger partial charge in [-0.1, -0.05) is 48.5 Å². The molecule has 6 heteroatoms. The van der Waals surface area contributed by atoms with E-state index in [9.17, 15) is 10.4 Å². The number of para-hydroxylation sites is 2. The number of hydrogen-bond acceptors (Lipinski definition) is 5. The zero-order valence-electron chi connectivity index (χ0n) is 18.1. The molecule has 0 radical (unpaired) electrons. The number of ether oxygens (including phenoxy) is 1. The van der Waals surface area contributed by atoms with Gasteiger partial charge in [0.2, 0.25) is 0 Å². The second kappa shape index (κ2) is 8.13. The van der Waals surface area contributed by atoms with Crippen LogP contribution >= 0.6 is 0 Å². The Bertz CT molecular complexity index is 1530. The van der Waals surface area contributed by atoms with Crippen LogP contribution in [-0.2, 0) is 0 Å². The number of fused-ring (bicyclic) bond motifs is 1. The number of nitrogens with zero attached hydrogens (tertiary/aromatic N) is 4. The van der Waals surface area contributed by atoms with E-state index in [0.717, 1.165) is 16.6 Å². The van der Waals surface area contributed by atoms with Crippen LogP contribution in [-0.4, -0.2) is 27.0 Å². The van der Waals surface area contributed by atoms with Crippen LogP contribution in [0.25, 0.3) is 39.1 Å². The van der Waals surface area contributed by atoms with Crippen LogP contribution in [0.3, 0.4) is 0 Å². The van der Waals surface area contributed by atoms with Crippen molar-refractivity contribution in [1.82, 2.24) is 14.8 Å². The van der Waals surface area contributed by atoms with Gasteiger partial charge in [-0.2, -0.15) is 10.4 Å². The highest BCUT2D eigenvalue weighted by Crippen LogP contribution is 2.42. The van der Waals surface area contributed by atoms with Gasteiger partial charge >= 0.3 is 0 Å². The first-order valence-electron chi connectivity index (χ1n) is 10.4. The van der Waals surface area contributed by atoms with Crippen molar-refractivity contribution in [2.75, 3.05) is 7.11 Å². The van der Waals surface area contributed by atoms with E-state index >= 15 is 0 Å². The third-order valence-electron chi connectivity index (χ3n) is 5.62. The van der Waals surface area contributed by atoms with Gasteiger partial charge in [0.1, 0.15) is 17.6 Å². The molecule has 6 nitrogen and oxygen atoms in total. The van der Waals surface area contributed by atoms with E-state index in [0.29, 0.717) is 39.5 Å². The molecule has 3 aromatic carbocycles. The summed E-state index contributed by atoms with van der Waals surface area (Å²) in [7, 11) is 1.60. The molecule has 1 N–H and O–H groups in total. The molecule has 5 aromatic rings. The van der Waals surface area contributed by atoms with Crippen molar-refractivity contribution >= 4 is 11.0 Å². The van der Waals surface area contributed by atoms with Crippen molar-refractivity contribution in [3.63, 3.8) is 0 Å². The SMILES string of the molecule is COc1cccc(-c2nc3c(c(C)nn3-c3ccccc3)c(-c3ccccc3O)c2C#N)c1. The largest absolute Gasteiger partial charge is 0.507 e. The Balaban J connectivity index is 1.96. The van der Waals surface area contributed by atoms with Gasteiger partial charge in [0.15, 0.2) is 5.65 Å². The first kappa shape index (κ1) is 20.3. The zero-order chi connectivity index (χ0) is 22.9. The van der Waals surface area contributed by atoms with E-state index in [4.69, 9.17) is 14.8 Å². The Morgan fingerprint density at radius 2 is 1.73 bits per heavy atom. The molecule has 0 bridgehead atoms. The monoisotopic (exact) mass is 432 g/mol. The fourth-order valence-electron chi connectivity index (χ4n) is 4.11. The molecule has 0 atom stereocenters. The van der Waals surface area contributed by atoms with Crippen LogP contribution in [0.2, 0.25) is 0 Å². The number of pyridine rings is 1. The van der Waals surface area contributed by atoms with Crippen LogP contribution in [0.15, 0.2) is 78.9 Å². The Morgan fingerprint density at radius 1 is 0.970 bits per heavy atom. The second-order valence-corrected chi connectivity index (χ2v) is 7.60. The van der Waals surface area contributed by atoms with E-state index in [-0.39, 0.29) is 5.75 Å². The molecule has 5 rings (SSSR count). The number of benzene rings is 3. The lowest BCUT2D eigenvalue weighted by Crippen LogP contribution is -2.01. The lowest BCUT2D eigenvalue weighted by atomic mass is 9.92. The molecule has 0 aliphatic rings. The minimum atomic E-state index is 0.0879. The average molecular weight is 432 g/mol. The van der Waals surface area contributed by atoms with Gasteiger partial charge in [-0.05, 0) is 37.3 Å². The summed E-state index contributed by atoms with van der Waals surface area (Å²) in [5.74, 6) is 0.750. The third kappa shape index (κ3) is 3.36. The van der Waals surface area contributed by atoms with Crippen molar-refractivity contribution in [2.24, 2.45) is 0 Å². The molecule has 0 aliphatic heterocycles. The highest BCUT2D eigenvalue weighted by atomic mass is 16.5. The molecule has 0 saturated carbocycles. The summed E-state index contributed by atoms with van der Waals surface area (Å²) in [6.45, 7) is 1.89. The predicted molar refractivity (Wildman–Crippen MR) is 127 cm³/mol. The molecule has 0 fully saturated rings. The summed E-state index contributed by atoms with van der Waals surface area (Å²) in [5.41, 5.74) is 4.95. The number of hydrogen-bond donors (Lipinski definition) is 1. The Hall–Kier alpha value is -4.63. The summed E-state index contributed by atoms with van der Waals surface area (Å²) in [6, 6.07) is 26.5. The van der Waals surface area contributed by atoms with Gasteiger partial charge in [0.25, 0.3) is 0 Å². The quantitative estimate of drug-likeness (QED) is 0.397. The van der Waals surface area contributed by atoms with Crippen LogP contribution in [0.4, 0.5) is 0 Å². The standard InChI is InChI=1S/C27H20N4O2/c1-17-24-25(21-13-6-7-14-23(21)32)22(16-28)26(18-9-8-12-20(15-18)33-2)29-27(24)31(30-17)19-10-4-3-5-11-19/h3-15,32H,1-2H3. The molecule has 0 spiro atoms. The fourth-order valence-corrected chi connectivity index (χ4v) is 4.11. The number of phenolic OH excluding ortho intramolecular Hbond substituents is 1.